The number of fused-ring (bicyclic) bond motifs is 6. The van der Waals surface area contributed by atoms with Gasteiger partial charge < -0.3 is 0 Å². The summed E-state index contributed by atoms with van der Waals surface area (Å²) in [5.74, 6) is 2.50. The van der Waals surface area contributed by atoms with Crippen LogP contribution in [0.2, 0.25) is 0 Å². The number of carbonyl (C=O) groups excluding carboxylic acids is 2. The van der Waals surface area contributed by atoms with Gasteiger partial charge in [0.15, 0.2) is 17.5 Å². The van der Waals surface area contributed by atoms with Gasteiger partial charge in [-0.25, -0.2) is 9.97 Å². The van der Waals surface area contributed by atoms with E-state index in [4.69, 9.17) is 0 Å². The molecule has 0 spiro atoms. The van der Waals surface area contributed by atoms with Crippen LogP contribution in [0.3, 0.4) is 0 Å². The Morgan fingerprint density at radius 2 is 1.39 bits per heavy atom. The average Bonchev–Trinajstić information content (AvgIpc) is 3.54. The maximum absolute atomic E-state index is 12.8. The van der Waals surface area contributed by atoms with Gasteiger partial charge in [0.1, 0.15) is 23.9 Å². The molecule has 0 fully saturated rings. The molecule has 14 heteroatoms. The number of hydrogen-bond donors (Lipinski definition) is 0. The zero-order valence-corrected chi connectivity index (χ0v) is 24.3. The predicted octanol–water partition coefficient (Wildman–Crippen LogP) is 3.40. The quantitative estimate of drug-likeness (QED) is 0.325. The Morgan fingerprint density at radius 1 is 0.842 bits per heavy atom. The van der Waals surface area contributed by atoms with Crippen molar-refractivity contribution in [3.05, 3.63) is 57.8 Å². The van der Waals surface area contributed by atoms with E-state index in [1.165, 1.54) is 0 Å². The van der Waals surface area contributed by atoms with Gasteiger partial charge in [0.05, 0.1) is 17.8 Å². The number of anilines is 2. The van der Waals surface area contributed by atoms with Crippen LogP contribution in [0, 0.1) is 0 Å². The van der Waals surface area contributed by atoms with Crippen molar-refractivity contribution in [3.63, 3.8) is 0 Å². The third-order valence-corrected chi connectivity index (χ3v) is 7.27. The van der Waals surface area contributed by atoms with Gasteiger partial charge in [-0.1, -0.05) is 0 Å². The van der Waals surface area contributed by atoms with Crippen LogP contribution in [-0.2, 0) is 21.4 Å². The highest BCUT2D eigenvalue weighted by Gasteiger charge is 2.42. The van der Waals surface area contributed by atoms with Crippen LogP contribution in [0.15, 0.2) is 46.1 Å². The van der Waals surface area contributed by atoms with Crippen LogP contribution in [0.4, 0.5) is 11.6 Å². The lowest BCUT2D eigenvalue weighted by molar-refractivity contribution is -0.123. The third kappa shape index (κ3) is 4.30. The Bertz CT molecular complexity index is 1550. The largest absolute Gasteiger partial charge is 0.295 e. The molecule has 6 rings (SSSR count). The van der Waals surface area contributed by atoms with Crippen molar-refractivity contribution in [2.45, 2.75) is 39.5 Å². The van der Waals surface area contributed by atoms with Gasteiger partial charge in [-0.3, -0.25) is 28.5 Å². The molecule has 0 unspecified atom stereocenters. The van der Waals surface area contributed by atoms with Crippen molar-refractivity contribution < 1.29 is 9.59 Å². The number of likely N-dealkylation sites (N-methyl/N-ethyl adjacent to an activating group) is 2. The lowest BCUT2D eigenvalue weighted by Gasteiger charge is -2.26. The molecule has 0 saturated carbocycles. The molecule has 4 aromatic heterocycles. The monoisotopic (exact) mass is 642 g/mol. The molecule has 0 atom stereocenters. The fourth-order valence-corrected chi connectivity index (χ4v) is 5.17. The van der Waals surface area contributed by atoms with Gasteiger partial charge in [0, 0.05) is 34.4 Å². The van der Waals surface area contributed by atoms with E-state index in [2.05, 4.69) is 62.2 Å². The first-order valence-electron chi connectivity index (χ1n) is 11.9. The zero-order valence-electron chi connectivity index (χ0n) is 21.1. The Hall–Kier alpha value is -3.52. The minimum Gasteiger partial charge on any atom is -0.295 e. The number of hydrogen-bond acceptors (Lipinski definition) is 8. The fraction of sp³-hybridized carbons (Fsp3) is 0.333. The van der Waals surface area contributed by atoms with E-state index in [1.54, 1.807) is 39.4 Å². The standard InChI is InChI=1S/C13H14BrN5O.C11H10BrN5O/c1-4-18-10-9(5-8(14)6-15-10)19-7-16-17-11(19)13(2,3)12(18)20;1-2-16-10(18)4-9-15-14-6-17(9)8-3-7(12)5-13-11(8)16/h5-7H,4H2,1-3H3;3,5-6H,2,4H2,1H3. The summed E-state index contributed by atoms with van der Waals surface area (Å²) < 4.78 is 5.34. The number of pyridine rings is 2. The average molecular weight is 644 g/mol. The third-order valence-electron chi connectivity index (χ3n) is 6.41. The van der Waals surface area contributed by atoms with Crippen molar-refractivity contribution in [2.75, 3.05) is 22.9 Å². The van der Waals surface area contributed by atoms with Crippen molar-refractivity contribution in [1.29, 1.82) is 0 Å². The SMILES string of the molecule is CCN1C(=O)C(C)(C)c2nncn2-c2cc(Br)cnc21.CCN1C(=O)Cc2nncn2-c2cc(Br)cnc21. The van der Waals surface area contributed by atoms with Gasteiger partial charge in [-0.05, 0) is 71.7 Å². The summed E-state index contributed by atoms with van der Waals surface area (Å²) in [6.45, 7) is 8.73. The Morgan fingerprint density at radius 3 is 2.03 bits per heavy atom. The summed E-state index contributed by atoms with van der Waals surface area (Å²) in [4.78, 5) is 37.0. The Labute approximate surface area is 235 Å². The topological polar surface area (TPSA) is 128 Å². The highest BCUT2D eigenvalue weighted by Crippen LogP contribution is 2.36. The van der Waals surface area contributed by atoms with Crippen LogP contribution >= 0.6 is 31.9 Å². The number of nitrogens with zero attached hydrogens (tertiary/aromatic N) is 10. The van der Waals surface area contributed by atoms with E-state index in [9.17, 15) is 9.59 Å². The van der Waals surface area contributed by atoms with Crippen LogP contribution in [-0.4, -0.2) is 64.4 Å². The van der Waals surface area contributed by atoms with E-state index in [0.29, 0.717) is 36.4 Å². The maximum Gasteiger partial charge on any atom is 0.241 e. The summed E-state index contributed by atoms with van der Waals surface area (Å²) in [7, 11) is 0. The van der Waals surface area contributed by atoms with Crippen LogP contribution < -0.4 is 9.80 Å². The first kappa shape index (κ1) is 26.1. The molecule has 0 N–H and O–H groups in total. The number of carbonyl (C=O) groups is 2. The normalized spacial score (nSPS) is 15.4. The second-order valence-corrected chi connectivity index (χ2v) is 11.0. The predicted molar refractivity (Wildman–Crippen MR) is 146 cm³/mol. The van der Waals surface area contributed by atoms with E-state index < -0.39 is 5.41 Å². The lowest BCUT2D eigenvalue weighted by atomic mass is 9.90. The van der Waals surface area contributed by atoms with Crippen LogP contribution in [0.1, 0.15) is 39.3 Å². The van der Waals surface area contributed by atoms with Gasteiger partial charge in [0.25, 0.3) is 0 Å². The number of halogens is 2. The minimum atomic E-state index is -0.750. The van der Waals surface area contributed by atoms with Gasteiger partial charge in [-0.2, -0.15) is 0 Å². The summed E-state index contributed by atoms with van der Waals surface area (Å²) in [6, 6.07) is 3.84. The molecule has 0 saturated heterocycles. The minimum absolute atomic E-state index is 0.0136. The van der Waals surface area contributed by atoms with E-state index in [1.807, 2.05) is 44.4 Å². The summed E-state index contributed by atoms with van der Waals surface area (Å²) in [5, 5.41) is 15.9. The smallest absolute Gasteiger partial charge is 0.241 e. The second kappa shape index (κ2) is 9.98. The Balaban J connectivity index is 0.000000156. The number of aromatic nitrogens is 8. The fourth-order valence-electron chi connectivity index (χ4n) is 4.53. The molecule has 6 heterocycles. The van der Waals surface area contributed by atoms with Crippen molar-refractivity contribution in [3.8, 4) is 11.4 Å². The van der Waals surface area contributed by atoms with Gasteiger partial charge >= 0.3 is 0 Å². The molecule has 12 nitrogen and oxygen atoms in total. The molecule has 0 aliphatic carbocycles. The van der Waals surface area contributed by atoms with Crippen molar-refractivity contribution >= 4 is 55.3 Å². The van der Waals surface area contributed by atoms with E-state index >= 15 is 0 Å². The zero-order chi connectivity index (χ0) is 27.2. The van der Waals surface area contributed by atoms with Crippen molar-refractivity contribution in [1.82, 2.24) is 39.5 Å². The van der Waals surface area contributed by atoms with Gasteiger partial charge in [-0.15, -0.1) is 20.4 Å². The van der Waals surface area contributed by atoms with E-state index in [0.717, 1.165) is 20.3 Å². The first-order chi connectivity index (χ1) is 18.2. The molecule has 2 aliphatic rings. The molecule has 4 aromatic rings. The molecule has 38 heavy (non-hydrogen) atoms. The van der Waals surface area contributed by atoms with Crippen LogP contribution in [0.25, 0.3) is 11.4 Å². The van der Waals surface area contributed by atoms with Crippen molar-refractivity contribution in [2.24, 2.45) is 0 Å². The highest BCUT2D eigenvalue weighted by molar-refractivity contribution is 9.10. The van der Waals surface area contributed by atoms with E-state index in [-0.39, 0.29) is 18.2 Å². The first-order valence-corrected chi connectivity index (χ1v) is 13.5. The molecule has 0 radical (unpaired) electrons. The summed E-state index contributed by atoms with van der Waals surface area (Å²) in [6.07, 6.45) is 6.84. The molecule has 0 bridgehead atoms. The Kier molecular flexibility index (Phi) is 6.86. The molecule has 196 valence electrons. The number of rotatable bonds is 2. The van der Waals surface area contributed by atoms with Gasteiger partial charge in [0.2, 0.25) is 11.8 Å². The summed E-state index contributed by atoms with van der Waals surface area (Å²) >= 11 is 6.81. The molecular formula is C24H24Br2N10O2. The molecular weight excluding hydrogens is 620 g/mol. The molecule has 2 aliphatic heterocycles. The maximum atomic E-state index is 12.8. The lowest BCUT2D eigenvalue weighted by Crippen LogP contribution is -2.43. The molecule has 2 amide bonds. The second-order valence-electron chi connectivity index (χ2n) is 9.12. The molecule has 0 aromatic carbocycles. The van der Waals surface area contributed by atoms with Crippen LogP contribution in [0.5, 0.6) is 0 Å². The summed E-state index contributed by atoms with van der Waals surface area (Å²) in [5.41, 5.74) is 0.872. The number of amides is 2. The highest BCUT2D eigenvalue weighted by atomic mass is 79.9.